The maximum absolute atomic E-state index is 12.4. The number of benzene rings is 1. The lowest BCUT2D eigenvalue weighted by Gasteiger charge is -2.22. The summed E-state index contributed by atoms with van der Waals surface area (Å²) >= 11 is 5.95. The highest BCUT2D eigenvalue weighted by Gasteiger charge is 2.26. The van der Waals surface area contributed by atoms with Crippen LogP contribution in [0, 0.1) is 28.4 Å². The maximum atomic E-state index is 12.4. The molecule has 28 heavy (non-hydrogen) atoms. The first-order chi connectivity index (χ1) is 13.2. The number of rotatable bonds is 9. The molecule has 3 N–H and O–H groups in total. The van der Waals surface area contributed by atoms with Gasteiger partial charge in [-0.1, -0.05) is 31.4 Å². The Hall–Kier alpha value is -3.12. The van der Waals surface area contributed by atoms with Crippen LogP contribution in [0.15, 0.2) is 18.2 Å². The van der Waals surface area contributed by atoms with Crippen LogP contribution in [0.1, 0.15) is 30.6 Å². The van der Waals surface area contributed by atoms with Crippen LogP contribution in [0.4, 0.5) is 5.69 Å². The SMILES string of the molecule is C#CCNC(=O)CCNC(=O)C(NC(=O)c1ccc([N+](=O)[O-])cc1Cl)C(C)C. The predicted octanol–water partition coefficient (Wildman–Crippen LogP) is 1.26. The van der Waals surface area contributed by atoms with Crippen molar-refractivity contribution in [2.24, 2.45) is 5.92 Å². The second-order valence-electron chi connectivity index (χ2n) is 6.14. The second-order valence-corrected chi connectivity index (χ2v) is 6.55. The molecule has 1 unspecified atom stereocenters. The molecule has 0 aromatic heterocycles. The number of nitrogens with zero attached hydrogens (tertiary/aromatic N) is 1. The van der Waals surface area contributed by atoms with Crippen LogP contribution < -0.4 is 16.0 Å². The van der Waals surface area contributed by atoms with Gasteiger partial charge in [0.05, 0.1) is 22.1 Å². The molecule has 0 fully saturated rings. The number of terminal acetylenes is 1. The number of carbonyl (C=O) groups is 3. The number of nitrogens with one attached hydrogen (secondary N) is 3. The Morgan fingerprint density at radius 2 is 1.96 bits per heavy atom. The Bertz CT molecular complexity index is 804. The van der Waals surface area contributed by atoms with Gasteiger partial charge in [0.1, 0.15) is 6.04 Å². The zero-order valence-electron chi connectivity index (χ0n) is 15.5. The molecule has 150 valence electrons. The first-order valence-electron chi connectivity index (χ1n) is 8.40. The van der Waals surface area contributed by atoms with E-state index in [9.17, 15) is 24.5 Å². The van der Waals surface area contributed by atoms with E-state index >= 15 is 0 Å². The fourth-order valence-electron chi connectivity index (χ4n) is 2.20. The lowest BCUT2D eigenvalue weighted by atomic mass is 10.0. The molecular formula is C18H21ClN4O5. The molecule has 1 atom stereocenters. The molecule has 0 radical (unpaired) electrons. The van der Waals surface area contributed by atoms with E-state index < -0.39 is 22.8 Å². The highest BCUT2D eigenvalue weighted by atomic mass is 35.5. The molecule has 10 heteroatoms. The molecule has 0 aliphatic carbocycles. The molecule has 0 saturated carbocycles. The third-order valence-corrected chi connectivity index (χ3v) is 4.00. The zero-order chi connectivity index (χ0) is 21.3. The van der Waals surface area contributed by atoms with Crippen LogP contribution in [0.5, 0.6) is 0 Å². The van der Waals surface area contributed by atoms with Crippen molar-refractivity contribution in [3.63, 3.8) is 0 Å². The van der Waals surface area contributed by atoms with Gasteiger partial charge in [-0.25, -0.2) is 0 Å². The van der Waals surface area contributed by atoms with E-state index in [2.05, 4.69) is 21.9 Å². The molecule has 0 heterocycles. The molecule has 0 bridgehead atoms. The number of hydrogen-bond donors (Lipinski definition) is 3. The number of non-ortho nitro benzene ring substituents is 1. The lowest BCUT2D eigenvalue weighted by Crippen LogP contribution is -2.50. The van der Waals surface area contributed by atoms with Gasteiger partial charge in [-0.3, -0.25) is 24.5 Å². The van der Waals surface area contributed by atoms with Crippen molar-refractivity contribution >= 4 is 35.0 Å². The first kappa shape index (κ1) is 22.9. The Labute approximate surface area is 167 Å². The van der Waals surface area contributed by atoms with Crippen molar-refractivity contribution < 1.29 is 19.3 Å². The van der Waals surface area contributed by atoms with Crippen molar-refractivity contribution in [1.29, 1.82) is 0 Å². The van der Waals surface area contributed by atoms with Crippen LogP contribution >= 0.6 is 11.6 Å². The zero-order valence-corrected chi connectivity index (χ0v) is 16.2. The lowest BCUT2D eigenvalue weighted by molar-refractivity contribution is -0.384. The van der Waals surface area contributed by atoms with Gasteiger partial charge in [-0.2, -0.15) is 0 Å². The summed E-state index contributed by atoms with van der Waals surface area (Å²) in [5.41, 5.74) is -0.234. The van der Waals surface area contributed by atoms with Crippen LogP contribution in [-0.4, -0.2) is 41.8 Å². The summed E-state index contributed by atoms with van der Waals surface area (Å²) in [5, 5.41) is 18.3. The average Bonchev–Trinajstić information content (AvgIpc) is 2.63. The summed E-state index contributed by atoms with van der Waals surface area (Å²) in [4.78, 5) is 46.4. The van der Waals surface area contributed by atoms with Crippen LogP contribution in [0.25, 0.3) is 0 Å². The van der Waals surface area contributed by atoms with E-state index in [4.69, 9.17) is 18.0 Å². The molecule has 0 spiro atoms. The van der Waals surface area contributed by atoms with E-state index in [-0.39, 0.29) is 47.6 Å². The number of carbonyl (C=O) groups excluding carboxylic acids is 3. The Morgan fingerprint density at radius 3 is 2.50 bits per heavy atom. The van der Waals surface area contributed by atoms with Gasteiger partial charge in [0.15, 0.2) is 0 Å². The number of halogens is 1. The quantitative estimate of drug-likeness (QED) is 0.321. The molecule has 9 nitrogen and oxygen atoms in total. The minimum atomic E-state index is -0.882. The van der Waals surface area contributed by atoms with E-state index in [1.807, 2.05) is 0 Å². The van der Waals surface area contributed by atoms with Crippen molar-refractivity contribution in [3.05, 3.63) is 38.9 Å². The smallest absolute Gasteiger partial charge is 0.270 e. The van der Waals surface area contributed by atoms with E-state index in [1.165, 1.54) is 6.07 Å². The fourth-order valence-corrected chi connectivity index (χ4v) is 2.46. The number of nitro benzene ring substituents is 1. The molecule has 1 aromatic carbocycles. The van der Waals surface area contributed by atoms with E-state index in [1.54, 1.807) is 13.8 Å². The highest BCUT2D eigenvalue weighted by Crippen LogP contribution is 2.22. The second kappa shape index (κ2) is 10.9. The predicted molar refractivity (Wildman–Crippen MR) is 104 cm³/mol. The topological polar surface area (TPSA) is 130 Å². The first-order valence-corrected chi connectivity index (χ1v) is 8.77. The van der Waals surface area contributed by atoms with Crippen LogP contribution in [0.2, 0.25) is 5.02 Å². The molecule has 3 amide bonds. The standard InChI is InChI=1S/C18H21ClN4O5/c1-4-8-20-15(24)7-9-21-18(26)16(11(2)3)22-17(25)13-6-5-12(23(27)28)10-14(13)19/h1,5-6,10-11,16H,7-9H2,2-3H3,(H,20,24)(H,21,26)(H,22,25). The third kappa shape index (κ3) is 6.89. The van der Waals surface area contributed by atoms with Gasteiger partial charge in [0, 0.05) is 25.1 Å². The third-order valence-electron chi connectivity index (χ3n) is 3.68. The van der Waals surface area contributed by atoms with Gasteiger partial charge in [0.25, 0.3) is 11.6 Å². The molecule has 0 saturated heterocycles. The molecule has 1 aromatic rings. The number of amides is 3. The summed E-state index contributed by atoms with van der Waals surface area (Å²) in [7, 11) is 0. The summed E-state index contributed by atoms with van der Waals surface area (Å²) in [6.07, 6.45) is 5.08. The number of nitro groups is 1. The minimum Gasteiger partial charge on any atom is -0.354 e. The average molecular weight is 409 g/mol. The maximum Gasteiger partial charge on any atom is 0.270 e. The Balaban J connectivity index is 2.72. The van der Waals surface area contributed by atoms with Crippen molar-refractivity contribution in [1.82, 2.24) is 16.0 Å². The van der Waals surface area contributed by atoms with Gasteiger partial charge in [0.2, 0.25) is 11.8 Å². The molecule has 0 aliphatic heterocycles. The monoisotopic (exact) mass is 408 g/mol. The number of hydrogen-bond acceptors (Lipinski definition) is 5. The van der Waals surface area contributed by atoms with Crippen molar-refractivity contribution in [2.45, 2.75) is 26.3 Å². The van der Waals surface area contributed by atoms with E-state index in [0.717, 1.165) is 12.1 Å². The van der Waals surface area contributed by atoms with Gasteiger partial charge >= 0.3 is 0 Å². The van der Waals surface area contributed by atoms with Gasteiger partial charge in [-0.15, -0.1) is 6.42 Å². The Kier molecular flexibility index (Phi) is 8.91. The normalized spacial score (nSPS) is 11.2. The Morgan fingerprint density at radius 1 is 1.29 bits per heavy atom. The summed E-state index contributed by atoms with van der Waals surface area (Å²) in [6, 6.07) is 2.56. The summed E-state index contributed by atoms with van der Waals surface area (Å²) in [5.74, 6) is 0.604. The largest absolute Gasteiger partial charge is 0.354 e. The van der Waals surface area contributed by atoms with E-state index in [0.29, 0.717) is 0 Å². The van der Waals surface area contributed by atoms with Gasteiger partial charge in [-0.05, 0) is 12.0 Å². The summed E-state index contributed by atoms with van der Waals surface area (Å²) < 4.78 is 0. The molecule has 1 rings (SSSR count). The highest BCUT2D eigenvalue weighted by molar-refractivity contribution is 6.34. The van der Waals surface area contributed by atoms with Gasteiger partial charge < -0.3 is 16.0 Å². The molecule has 0 aliphatic rings. The minimum absolute atomic E-state index is 0.0133. The van der Waals surface area contributed by atoms with Crippen LogP contribution in [0.3, 0.4) is 0 Å². The summed E-state index contributed by atoms with van der Waals surface area (Å²) in [6.45, 7) is 3.66. The fraction of sp³-hybridized carbons (Fsp3) is 0.389. The molecular weight excluding hydrogens is 388 g/mol. The van der Waals surface area contributed by atoms with Crippen LogP contribution in [-0.2, 0) is 9.59 Å². The van der Waals surface area contributed by atoms with Crippen molar-refractivity contribution in [3.8, 4) is 12.3 Å². The van der Waals surface area contributed by atoms with Crippen molar-refractivity contribution in [2.75, 3.05) is 13.1 Å².